The quantitative estimate of drug-likeness (QED) is 0.438. The van der Waals surface area contributed by atoms with Crippen LogP contribution in [0.3, 0.4) is 0 Å². The second kappa shape index (κ2) is 6.30. The van der Waals surface area contributed by atoms with E-state index in [0.717, 1.165) is 0 Å². The summed E-state index contributed by atoms with van der Waals surface area (Å²) in [6, 6.07) is 17.9. The Kier molecular flexibility index (Phi) is 3.89. The van der Waals surface area contributed by atoms with E-state index < -0.39 is 0 Å². The van der Waals surface area contributed by atoms with E-state index in [4.69, 9.17) is 0 Å². The van der Waals surface area contributed by atoms with Crippen LogP contribution in [-0.4, -0.2) is 0 Å². The maximum absolute atomic E-state index is 2.31. The normalized spacial score (nSPS) is 23.7. The second-order valence-corrected chi connectivity index (χ2v) is 11.6. The summed E-state index contributed by atoms with van der Waals surface area (Å²) < 4.78 is 3.02. The summed E-state index contributed by atoms with van der Waals surface area (Å²) in [5, 5.41) is 0. The van der Waals surface area contributed by atoms with Crippen LogP contribution in [0.5, 0.6) is 0 Å². The van der Waals surface area contributed by atoms with Crippen LogP contribution < -0.4 is 0 Å². The van der Waals surface area contributed by atoms with Crippen molar-refractivity contribution in [1.29, 1.82) is 0 Å². The molecule has 0 saturated carbocycles. The highest BCUT2D eigenvalue weighted by atomic mass is 32.2. The SMILES string of the molecule is c1ccc2c(c1)CCC1=C2SC(=C2SC3=C(S2)c2ccccc2CC3)S1. The Labute approximate surface area is 171 Å². The average molecular weight is 409 g/mol. The molecule has 4 aliphatic rings. The zero-order chi connectivity index (χ0) is 17.1. The number of hydrogen-bond donors (Lipinski definition) is 0. The van der Waals surface area contributed by atoms with Crippen LogP contribution >= 0.6 is 47.0 Å². The fraction of sp³-hybridized carbons (Fsp3) is 0.182. The monoisotopic (exact) mass is 408 g/mol. The minimum atomic E-state index is 1.19. The standard InChI is InChI=1S/C22H16S4/c1-3-7-15-13(5-1)9-11-17-19(15)25-21(23-17)22-24-18-12-10-14-6-2-4-8-16(14)20(18)26-22/h1-8H,9-12H2. The molecule has 2 aliphatic carbocycles. The highest BCUT2D eigenvalue weighted by Crippen LogP contribution is 2.65. The van der Waals surface area contributed by atoms with Gasteiger partial charge in [0.25, 0.3) is 0 Å². The topological polar surface area (TPSA) is 0 Å². The molecule has 0 spiro atoms. The fourth-order valence-electron chi connectivity index (χ4n) is 3.98. The van der Waals surface area contributed by atoms with Crippen molar-refractivity contribution in [3.8, 4) is 0 Å². The molecule has 0 amide bonds. The van der Waals surface area contributed by atoms with Gasteiger partial charge in [-0.1, -0.05) is 95.6 Å². The van der Waals surface area contributed by atoms with Crippen molar-refractivity contribution in [2.45, 2.75) is 25.7 Å². The summed E-state index contributed by atoms with van der Waals surface area (Å²) in [4.78, 5) is 6.21. The molecule has 0 saturated heterocycles. The zero-order valence-electron chi connectivity index (χ0n) is 14.1. The molecule has 0 unspecified atom stereocenters. The Hall–Kier alpha value is -0.940. The lowest BCUT2D eigenvalue weighted by Gasteiger charge is -2.16. The van der Waals surface area contributed by atoms with Gasteiger partial charge in [0, 0.05) is 19.6 Å². The third-order valence-corrected chi connectivity index (χ3v) is 11.2. The number of hydrogen-bond acceptors (Lipinski definition) is 4. The summed E-state index contributed by atoms with van der Waals surface area (Å²) >= 11 is 8.10. The van der Waals surface area contributed by atoms with Gasteiger partial charge >= 0.3 is 0 Å². The van der Waals surface area contributed by atoms with Crippen molar-refractivity contribution < 1.29 is 0 Å². The molecule has 0 fully saturated rings. The first kappa shape index (κ1) is 16.1. The molecule has 2 heterocycles. The van der Waals surface area contributed by atoms with E-state index in [1.54, 1.807) is 9.81 Å². The molecular weight excluding hydrogens is 393 g/mol. The van der Waals surface area contributed by atoms with Crippen molar-refractivity contribution in [2.24, 2.45) is 0 Å². The van der Waals surface area contributed by atoms with Crippen molar-refractivity contribution in [3.05, 3.63) is 89.1 Å². The van der Waals surface area contributed by atoms with Crippen molar-refractivity contribution in [1.82, 2.24) is 0 Å². The van der Waals surface area contributed by atoms with E-state index in [2.05, 4.69) is 48.5 Å². The Morgan fingerprint density at radius 3 is 1.46 bits per heavy atom. The van der Waals surface area contributed by atoms with Gasteiger partial charge in [-0.15, -0.1) is 0 Å². The van der Waals surface area contributed by atoms with Gasteiger partial charge in [0.2, 0.25) is 0 Å². The first-order valence-electron chi connectivity index (χ1n) is 8.95. The smallest absolute Gasteiger partial charge is 0.0703 e. The third kappa shape index (κ3) is 2.50. The molecule has 0 N–H and O–H groups in total. The molecule has 4 heteroatoms. The first-order valence-corrected chi connectivity index (χ1v) is 12.2. The molecule has 0 aromatic heterocycles. The number of fused-ring (bicyclic) bond motifs is 4. The molecule has 0 radical (unpaired) electrons. The van der Waals surface area contributed by atoms with Crippen LogP contribution in [0.25, 0.3) is 9.81 Å². The number of allylic oxidation sites excluding steroid dienone is 2. The lowest BCUT2D eigenvalue weighted by molar-refractivity contribution is 0.972. The van der Waals surface area contributed by atoms with Gasteiger partial charge in [-0.25, -0.2) is 0 Å². The van der Waals surface area contributed by atoms with Gasteiger partial charge in [-0.2, -0.15) is 0 Å². The number of benzene rings is 2. The molecule has 2 aromatic rings. The Bertz CT molecular complexity index is 958. The van der Waals surface area contributed by atoms with Crippen LogP contribution in [0.2, 0.25) is 0 Å². The van der Waals surface area contributed by atoms with E-state index in [9.17, 15) is 0 Å². The molecule has 0 atom stereocenters. The minimum absolute atomic E-state index is 1.19. The van der Waals surface area contributed by atoms with Crippen molar-refractivity contribution in [3.63, 3.8) is 0 Å². The van der Waals surface area contributed by atoms with E-state index in [-0.39, 0.29) is 0 Å². The van der Waals surface area contributed by atoms with E-state index >= 15 is 0 Å². The third-order valence-electron chi connectivity index (χ3n) is 5.26. The van der Waals surface area contributed by atoms with Crippen LogP contribution in [-0.2, 0) is 12.8 Å². The summed E-state index contributed by atoms with van der Waals surface area (Å²) in [6.07, 6.45) is 4.78. The van der Waals surface area contributed by atoms with Gasteiger partial charge < -0.3 is 0 Å². The van der Waals surface area contributed by atoms with E-state index in [1.165, 1.54) is 66.2 Å². The van der Waals surface area contributed by atoms with Crippen molar-refractivity contribution in [2.75, 3.05) is 0 Å². The average Bonchev–Trinajstić information content (AvgIpc) is 3.32. The molecule has 6 rings (SSSR count). The number of aryl methyl sites for hydroxylation is 2. The largest absolute Gasteiger partial charge is 0.0842 e. The zero-order valence-corrected chi connectivity index (χ0v) is 17.3. The van der Waals surface area contributed by atoms with Gasteiger partial charge in [0.15, 0.2) is 0 Å². The Balaban J connectivity index is 1.33. The van der Waals surface area contributed by atoms with Gasteiger partial charge in [-0.3, -0.25) is 0 Å². The van der Waals surface area contributed by atoms with Crippen LogP contribution in [0.4, 0.5) is 0 Å². The Morgan fingerprint density at radius 1 is 0.500 bits per heavy atom. The highest BCUT2D eigenvalue weighted by molar-refractivity contribution is 8.37. The number of rotatable bonds is 0. The molecule has 26 heavy (non-hydrogen) atoms. The molecular formula is C22H16S4. The lowest BCUT2D eigenvalue weighted by atomic mass is 9.97. The van der Waals surface area contributed by atoms with Gasteiger partial charge in [0.05, 0.1) is 8.47 Å². The Morgan fingerprint density at radius 2 is 0.962 bits per heavy atom. The second-order valence-electron chi connectivity index (χ2n) is 6.80. The fourth-order valence-corrected chi connectivity index (χ4v) is 9.93. The minimum Gasteiger partial charge on any atom is -0.0842 e. The van der Waals surface area contributed by atoms with Crippen LogP contribution in [0.1, 0.15) is 35.1 Å². The predicted octanol–water partition coefficient (Wildman–Crippen LogP) is 7.70. The predicted molar refractivity (Wildman–Crippen MR) is 121 cm³/mol. The molecule has 0 nitrogen and oxygen atoms in total. The van der Waals surface area contributed by atoms with Gasteiger partial charge in [0.1, 0.15) is 0 Å². The number of thioether (sulfide) groups is 4. The maximum atomic E-state index is 2.31. The molecule has 128 valence electrons. The van der Waals surface area contributed by atoms with E-state index in [0.29, 0.717) is 0 Å². The highest BCUT2D eigenvalue weighted by Gasteiger charge is 2.34. The summed E-state index contributed by atoms with van der Waals surface area (Å²) in [7, 11) is 0. The lowest BCUT2D eigenvalue weighted by Crippen LogP contribution is -1.98. The molecule has 0 bridgehead atoms. The first-order chi connectivity index (χ1) is 12.9. The summed E-state index contributed by atoms with van der Waals surface area (Å²) in [5.74, 6) is 0. The van der Waals surface area contributed by atoms with Crippen LogP contribution in [0.15, 0.2) is 66.8 Å². The van der Waals surface area contributed by atoms with E-state index in [1.807, 2.05) is 47.0 Å². The summed E-state index contributed by atoms with van der Waals surface area (Å²) in [6.45, 7) is 0. The summed E-state index contributed by atoms with van der Waals surface area (Å²) in [5.41, 5.74) is 5.98. The van der Waals surface area contributed by atoms with Crippen LogP contribution in [0, 0.1) is 0 Å². The van der Waals surface area contributed by atoms with Crippen molar-refractivity contribution >= 4 is 56.9 Å². The molecule has 2 aliphatic heterocycles. The van der Waals surface area contributed by atoms with Gasteiger partial charge in [-0.05, 0) is 47.9 Å². The molecule has 2 aromatic carbocycles. The maximum Gasteiger partial charge on any atom is 0.0703 e.